The van der Waals surface area contributed by atoms with E-state index in [2.05, 4.69) is 9.97 Å². The van der Waals surface area contributed by atoms with Crippen LogP contribution in [0.2, 0.25) is 0 Å². The Morgan fingerprint density at radius 1 is 1.20 bits per heavy atom. The first-order valence-corrected chi connectivity index (χ1v) is 4.44. The molecule has 74 valence electrons. The van der Waals surface area contributed by atoms with Crippen molar-refractivity contribution in [1.82, 2.24) is 9.97 Å². The van der Waals surface area contributed by atoms with Crippen LogP contribution in [0.25, 0.3) is 11.3 Å². The standard InChI is InChI=1S/C11H9N3O/c12-11(15)9-6-13-7-14-10(9)8-4-2-1-3-5-8/h1-7H,(H2,12,15). The molecule has 2 rings (SSSR count). The number of amides is 1. The molecule has 0 fully saturated rings. The molecular weight excluding hydrogens is 190 g/mol. The van der Waals surface area contributed by atoms with E-state index in [0.29, 0.717) is 11.3 Å². The van der Waals surface area contributed by atoms with Gasteiger partial charge in [0.1, 0.15) is 6.33 Å². The van der Waals surface area contributed by atoms with Crippen LogP contribution in [-0.4, -0.2) is 15.9 Å². The summed E-state index contributed by atoms with van der Waals surface area (Å²) in [4.78, 5) is 19.0. The largest absolute Gasteiger partial charge is 0.365 e. The average molecular weight is 199 g/mol. The minimum atomic E-state index is -0.519. The van der Waals surface area contributed by atoms with E-state index in [9.17, 15) is 4.79 Å². The van der Waals surface area contributed by atoms with E-state index in [1.807, 2.05) is 30.3 Å². The second kappa shape index (κ2) is 3.88. The number of carbonyl (C=O) groups is 1. The molecule has 1 aromatic heterocycles. The van der Waals surface area contributed by atoms with E-state index >= 15 is 0 Å². The number of nitrogens with zero attached hydrogens (tertiary/aromatic N) is 2. The van der Waals surface area contributed by atoms with Gasteiger partial charge >= 0.3 is 0 Å². The Hall–Kier alpha value is -2.23. The summed E-state index contributed by atoms with van der Waals surface area (Å²) >= 11 is 0. The number of rotatable bonds is 2. The number of hydrogen-bond donors (Lipinski definition) is 1. The van der Waals surface area contributed by atoms with Crippen LogP contribution in [0, 0.1) is 0 Å². The number of nitrogens with two attached hydrogens (primary N) is 1. The van der Waals surface area contributed by atoms with Crippen molar-refractivity contribution in [2.45, 2.75) is 0 Å². The van der Waals surface area contributed by atoms with Gasteiger partial charge in [-0.15, -0.1) is 0 Å². The Labute approximate surface area is 86.8 Å². The molecule has 2 aromatic rings. The average Bonchev–Trinajstić information content (AvgIpc) is 2.30. The Morgan fingerprint density at radius 2 is 1.93 bits per heavy atom. The van der Waals surface area contributed by atoms with Crippen LogP contribution in [0.4, 0.5) is 0 Å². The number of benzene rings is 1. The fourth-order valence-electron chi connectivity index (χ4n) is 1.34. The van der Waals surface area contributed by atoms with Gasteiger partial charge in [-0.05, 0) is 0 Å². The molecule has 1 aromatic carbocycles. The maximum atomic E-state index is 11.1. The highest BCUT2D eigenvalue weighted by atomic mass is 16.1. The van der Waals surface area contributed by atoms with Crippen molar-refractivity contribution in [3.63, 3.8) is 0 Å². The molecule has 0 bridgehead atoms. The molecule has 0 aliphatic carbocycles. The van der Waals surface area contributed by atoms with Crippen molar-refractivity contribution >= 4 is 5.91 Å². The lowest BCUT2D eigenvalue weighted by molar-refractivity contribution is 0.100. The van der Waals surface area contributed by atoms with Crippen molar-refractivity contribution in [2.24, 2.45) is 5.73 Å². The second-order valence-electron chi connectivity index (χ2n) is 3.02. The predicted octanol–water partition coefficient (Wildman–Crippen LogP) is 1.24. The predicted molar refractivity (Wildman–Crippen MR) is 56.0 cm³/mol. The molecule has 4 nitrogen and oxygen atoms in total. The van der Waals surface area contributed by atoms with E-state index in [0.717, 1.165) is 5.56 Å². The number of carbonyl (C=O) groups excluding carboxylic acids is 1. The lowest BCUT2D eigenvalue weighted by Crippen LogP contribution is -2.13. The first-order valence-electron chi connectivity index (χ1n) is 4.44. The van der Waals surface area contributed by atoms with Crippen LogP contribution in [0.1, 0.15) is 10.4 Å². The van der Waals surface area contributed by atoms with Gasteiger partial charge in [-0.3, -0.25) is 4.79 Å². The molecular formula is C11H9N3O. The fourth-order valence-corrected chi connectivity index (χ4v) is 1.34. The van der Waals surface area contributed by atoms with Crippen LogP contribution in [0.3, 0.4) is 0 Å². The molecule has 2 N–H and O–H groups in total. The molecule has 1 heterocycles. The van der Waals surface area contributed by atoms with Gasteiger partial charge in [0.05, 0.1) is 11.3 Å². The van der Waals surface area contributed by atoms with Crippen molar-refractivity contribution < 1.29 is 4.79 Å². The first kappa shape index (κ1) is 9.33. The third-order valence-electron chi connectivity index (χ3n) is 2.02. The molecule has 0 unspecified atom stereocenters. The zero-order valence-corrected chi connectivity index (χ0v) is 7.92. The number of aromatic nitrogens is 2. The van der Waals surface area contributed by atoms with Crippen molar-refractivity contribution in [1.29, 1.82) is 0 Å². The summed E-state index contributed by atoms with van der Waals surface area (Å²) in [5.74, 6) is -0.519. The molecule has 4 heteroatoms. The molecule has 0 atom stereocenters. The van der Waals surface area contributed by atoms with Crippen molar-refractivity contribution in [3.05, 3.63) is 48.4 Å². The van der Waals surface area contributed by atoms with Gasteiger partial charge in [-0.25, -0.2) is 9.97 Å². The Bertz CT molecular complexity index is 482. The van der Waals surface area contributed by atoms with Crippen LogP contribution < -0.4 is 5.73 Å². The third-order valence-corrected chi connectivity index (χ3v) is 2.02. The highest BCUT2D eigenvalue weighted by Crippen LogP contribution is 2.19. The van der Waals surface area contributed by atoms with Gasteiger partial charge in [0.2, 0.25) is 0 Å². The molecule has 0 radical (unpaired) electrons. The zero-order valence-electron chi connectivity index (χ0n) is 7.92. The Morgan fingerprint density at radius 3 is 2.60 bits per heavy atom. The summed E-state index contributed by atoms with van der Waals surface area (Å²) in [7, 11) is 0. The summed E-state index contributed by atoms with van der Waals surface area (Å²) in [5, 5.41) is 0. The summed E-state index contributed by atoms with van der Waals surface area (Å²) in [6, 6.07) is 9.39. The normalized spacial score (nSPS) is 9.87. The molecule has 0 aliphatic heterocycles. The maximum Gasteiger partial charge on any atom is 0.252 e. The minimum Gasteiger partial charge on any atom is -0.365 e. The summed E-state index contributed by atoms with van der Waals surface area (Å²) < 4.78 is 0. The van der Waals surface area contributed by atoms with E-state index in [-0.39, 0.29) is 0 Å². The summed E-state index contributed by atoms with van der Waals surface area (Å²) in [6.07, 6.45) is 2.83. The third kappa shape index (κ3) is 1.83. The number of primary amides is 1. The zero-order chi connectivity index (χ0) is 10.7. The quantitative estimate of drug-likeness (QED) is 0.791. The SMILES string of the molecule is NC(=O)c1cncnc1-c1ccccc1. The highest BCUT2D eigenvalue weighted by Gasteiger charge is 2.10. The van der Waals surface area contributed by atoms with Crippen LogP contribution >= 0.6 is 0 Å². The molecule has 0 spiro atoms. The maximum absolute atomic E-state index is 11.1. The van der Waals surface area contributed by atoms with E-state index in [4.69, 9.17) is 5.73 Å². The van der Waals surface area contributed by atoms with Gasteiger partial charge in [-0.1, -0.05) is 30.3 Å². The molecule has 0 saturated carbocycles. The molecule has 0 aliphatic rings. The lowest BCUT2D eigenvalue weighted by atomic mass is 10.1. The van der Waals surface area contributed by atoms with Gasteiger partial charge in [0, 0.05) is 11.8 Å². The van der Waals surface area contributed by atoms with Gasteiger partial charge in [0.25, 0.3) is 5.91 Å². The van der Waals surface area contributed by atoms with Gasteiger partial charge in [-0.2, -0.15) is 0 Å². The first-order chi connectivity index (χ1) is 7.29. The topological polar surface area (TPSA) is 68.9 Å². The minimum absolute atomic E-state index is 0.337. The van der Waals surface area contributed by atoms with Crippen molar-refractivity contribution in [3.8, 4) is 11.3 Å². The second-order valence-corrected chi connectivity index (χ2v) is 3.02. The van der Waals surface area contributed by atoms with Crippen molar-refractivity contribution in [2.75, 3.05) is 0 Å². The van der Waals surface area contributed by atoms with Crippen LogP contribution in [0.5, 0.6) is 0 Å². The Kier molecular flexibility index (Phi) is 2.41. The fraction of sp³-hybridized carbons (Fsp3) is 0. The number of hydrogen-bond acceptors (Lipinski definition) is 3. The Balaban J connectivity index is 2.58. The molecule has 0 saturated heterocycles. The van der Waals surface area contributed by atoms with E-state index in [1.54, 1.807) is 0 Å². The van der Waals surface area contributed by atoms with Gasteiger partial charge < -0.3 is 5.73 Å². The van der Waals surface area contributed by atoms with Gasteiger partial charge in [0.15, 0.2) is 0 Å². The lowest BCUT2D eigenvalue weighted by Gasteiger charge is -2.03. The highest BCUT2D eigenvalue weighted by molar-refractivity contribution is 5.98. The molecule has 1 amide bonds. The summed E-state index contributed by atoms with van der Waals surface area (Å²) in [5.41, 5.74) is 6.99. The monoisotopic (exact) mass is 199 g/mol. The smallest absolute Gasteiger partial charge is 0.252 e. The summed E-state index contributed by atoms with van der Waals surface area (Å²) in [6.45, 7) is 0. The van der Waals surface area contributed by atoms with Crippen LogP contribution in [0.15, 0.2) is 42.9 Å². The van der Waals surface area contributed by atoms with E-state index < -0.39 is 5.91 Å². The van der Waals surface area contributed by atoms with Crippen LogP contribution in [-0.2, 0) is 0 Å². The molecule has 15 heavy (non-hydrogen) atoms. The van der Waals surface area contributed by atoms with E-state index in [1.165, 1.54) is 12.5 Å².